The van der Waals surface area contributed by atoms with Crippen molar-refractivity contribution in [2.75, 3.05) is 0 Å². The van der Waals surface area contributed by atoms with Gasteiger partial charge >= 0.3 is 0 Å². The highest BCUT2D eigenvalue weighted by molar-refractivity contribution is 8.76. The van der Waals surface area contributed by atoms with Crippen molar-refractivity contribution in [3.05, 3.63) is 131 Å². The van der Waals surface area contributed by atoms with Gasteiger partial charge in [0.2, 0.25) is 0 Å². The molecule has 0 saturated carbocycles. The maximum Gasteiger partial charge on any atom is 0.194 e. The largest absolute Gasteiger partial charge is 0.289 e. The molecule has 0 saturated heterocycles. The van der Waals surface area contributed by atoms with Crippen molar-refractivity contribution in [1.82, 2.24) is 0 Å². The van der Waals surface area contributed by atoms with Gasteiger partial charge in [0.25, 0.3) is 0 Å². The summed E-state index contributed by atoms with van der Waals surface area (Å²) in [7, 11) is 3.42. The summed E-state index contributed by atoms with van der Waals surface area (Å²) < 4.78 is 0. The number of carbonyl (C=O) groups excluding carboxylic acids is 2. The van der Waals surface area contributed by atoms with E-state index in [1.54, 1.807) is 21.6 Å². The van der Waals surface area contributed by atoms with E-state index in [0.717, 1.165) is 75.8 Å². The minimum atomic E-state index is 0.0845. The van der Waals surface area contributed by atoms with Crippen molar-refractivity contribution in [1.29, 1.82) is 0 Å². The van der Waals surface area contributed by atoms with Crippen LogP contribution in [0.4, 0.5) is 0 Å². The summed E-state index contributed by atoms with van der Waals surface area (Å²) in [5, 5.41) is 4.21. The van der Waals surface area contributed by atoms with E-state index in [9.17, 15) is 9.59 Å². The van der Waals surface area contributed by atoms with Crippen LogP contribution >= 0.6 is 21.6 Å². The van der Waals surface area contributed by atoms with Crippen molar-refractivity contribution in [3.63, 3.8) is 0 Å². The molecule has 0 N–H and O–H groups in total. The molecule has 0 amide bonds. The summed E-state index contributed by atoms with van der Waals surface area (Å²) in [6.45, 7) is 0. The van der Waals surface area contributed by atoms with Crippen molar-refractivity contribution in [3.8, 4) is 22.3 Å². The standard InChI is InChI=1S/C34H18O2S2/c35-33-23-11-3-1-9-21(23)31-27(17-15-19-7-5-13-25(33)29(19)31)37-38-28-18-16-20-8-6-14-26-30(20)32(28)22-10-2-4-12-24(22)34(26)36/h1-18H. The maximum atomic E-state index is 13.3. The first-order valence-electron chi connectivity index (χ1n) is 12.4. The monoisotopic (exact) mass is 522 g/mol. The molecule has 0 aromatic heterocycles. The van der Waals surface area contributed by atoms with Gasteiger partial charge in [0.1, 0.15) is 0 Å². The van der Waals surface area contributed by atoms with Gasteiger partial charge in [0, 0.05) is 53.9 Å². The van der Waals surface area contributed by atoms with E-state index >= 15 is 0 Å². The van der Waals surface area contributed by atoms with Crippen LogP contribution in [0.1, 0.15) is 31.8 Å². The molecule has 38 heavy (non-hydrogen) atoms. The Morgan fingerprint density at radius 1 is 0.368 bits per heavy atom. The van der Waals surface area contributed by atoms with Crippen molar-refractivity contribution in [2.24, 2.45) is 0 Å². The lowest BCUT2D eigenvalue weighted by molar-refractivity contribution is 0.103. The molecule has 0 bridgehead atoms. The number of carbonyl (C=O) groups is 2. The molecule has 4 heteroatoms. The molecule has 2 aliphatic carbocycles. The number of hydrogen-bond acceptors (Lipinski definition) is 4. The topological polar surface area (TPSA) is 34.1 Å². The number of ketones is 2. The van der Waals surface area contributed by atoms with Crippen LogP contribution in [0.3, 0.4) is 0 Å². The molecule has 2 aliphatic rings. The fraction of sp³-hybridized carbons (Fsp3) is 0. The van der Waals surface area contributed by atoms with Gasteiger partial charge in [-0.15, -0.1) is 0 Å². The number of benzene rings is 6. The smallest absolute Gasteiger partial charge is 0.194 e. The average Bonchev–Trinajstić information content (AvgIpc) is 2.97. The molecular weight excluding hydrogens is 505 g/mol. The zero-order valence-corrected chi connectivity index (χ0v) is 21.7. The van der Waals surface area contributed by atoms with E-state index in [1.165, 1.54) is 0 Å². The van der Waals surface area contributed by atoms with Crippen molar-refractivity contribution >= 4 is 54.7 Å². The first kappa shape index (κ1) is 21.9. The van der Waals surface area contributed by atoms with E-state index in [-0.39, 0.29) is 11.6 Å². The first-order chi connectivity index (χ1) is 18.7. The molecule has 178 valence electrons. The lowest BCUT2D eigenvalue weighted by atomic mass is 9.83. The predicted molar refractivity (Wildman–Crippen MR) is 157 cm³/mol. The third-order valence-electron chi connectivity index (χ3n) is 7.61. The third kappa shape index (κ3) is 2.99. The SMILES string of the molecule is O=C1c2ccccc2-c2c(SSc3ccc4cccc5c4c3-c3ccccc3C5=O)ccc3cccc1c23. The minimum absolute atomic E-state index is 0.0845. The second kappa shape index (κ2) is 8.19. The fourth-order valence-electron chi connectivity index (χ4n) is 5.95. The Morgan fingerprint density at radius 2 is 0.763 bits per heavy atom. The van der Waals surface area contributed by atoms with E-state index < -0.39 is 0 Å². The molecule has 0 spiro atoms. The van der Waals surface area contributed by atoms with Crippen LogP contribution in [-0.4, -0.2) is 11.6 Å². The summed E-state index contributed by atoms with van der Waals surface area (Å²) in [5.74, 6) is 0.169. The van der Waals surface area contributed by atoms with E-state index in [2.05, 4.69) is 48.5 Å². The molecule has 0 fully saturated rings. The minimum Gasteiger partial charge on any atom is -0.289 e. The molecule has 2 nitrogen and oxygen atoms in total. The first-order valence-corrected chi connectivity index (χ1v) is 14.6. The zero-order chi connectivity index (χ0) is 25.4. The highest BCUT2D eigenvalue weighted by Crippen LogP contribution is 2.52. The van der Waals surface area contributed by atoms with E-state index in [1.807, 2.05) is 60.7 Å². The van der Waals surface area contributed by atoms with Crippen LogP contribution in [0.5, 0.6) is 0 Å². The second-order valence-corrected chi connectivity index (χ2v) is 11.8. The zero-order valence-electron chi connectivity index (χ0n) is 20.0. The molecular formula is C34H18O2S2. The lowest BCUT2D eigenvalue weighted by Gasteiger charge is -2.23. The molecule has 6 aromatic rings. The van der Waals surface area contributed by atoms with Crippen molar-refractivity contribution in [2.45, 2.75) is 9.79 Å². The quantitative estimate of drug-likeness (QED) is 0.217. The van der Waals surface area contributed by atoms with E-state index in [4.69, 9.17) is 0 Å². The van der Waals surface area contributed by atoms with Crippen LogP contribution in [-0.2, 0) is 0 Å². The van der Waals surface area contributed by atoms with Gasteiger partial charge < -0.3 is 0 Å². The summed E-state index contributed by atoms with van der Waals surface area (Å²) in [6.07, 6.45) is 0. The van der Waals surface area contributed by atoms with Crippen LogP contribution in [0.2, 0.25) is 0 Å². The number of fused-ring (bicyclic) bond motifs is 4. The van der Waals surface area contributed by atoms with Crippen LogP contribution < -0.4 is 0 Å². The van der Waals surface area contributed by atoms with Gasteiger partial charge in [0.15, 0.2) is 11.6 Å². The molecule has 6 aromatic carbocycles. The Labute approximate surface area is 227 Å². The Bertz CT molecular complexity index is 1880. The Hall–Kier alpha value is -4.12. The Morgan fingerprint density at radius 3 is 1.21 bits per heavy atom. The molecule has 0 aliphatic heterocycles. The summed E-state index contributed by atoms with van der Waals surface area (Å²) in [4.78, 5) is 28.9. The molecule has 0 radical (unpaired) electrons. The fourth-order valence-corrected chi connectivity index (χ4v) is 8.34. The van der Waals surface area contributed by atoms with Crippen LogP contribution in [0.15, 0.2) is 119 Å². The highest BCUT2D eigenvalue weighted by atomic mass is 33.1. The van der Waals surface area contributed by atoms with Crippen LogP contribution in [0.25, 0.3) is 43.8 Å². The second-order valence-electron chi connectivity index (χ2n) is 9.60. The summed E-state index contributed by atoms with van der Waals surface area (Å²) in [5.41, 5.74) is 7.26. The molecule has 0 unspecified atom stereocenters. The lowest BCUT2D eigenvalue weighted by Crippen LogP contribution is -2.10. The maximum absolute atomic E-state index is 13.3. The molecule has 0 heterocycles. The normalized spacial score (nSPS) is 13.1. The van der Waals surface area contributed by atoms with Gasteiger partial charge in [-0.05, 0) is 34.0 Å². The summed E-state index contributed by atoms with van der Waals surface area (Å²) >= 11 is 0. The van der Waals surface area contributed by atoms with Gasteiger partial charge in [-0.1, -0.05) is 119 Å². The molecule has 8 rings (SSSR count). The van der Waals surface area contributed by atoms with Gasteiger partial charge in [-0.3, -0.25) is 9.59 Å². The summed E-state index contributed by atoms with van der Waals surface area (Å²) in [6, 6.07) is 36.4. The average molecular weight is 523 g/mol. The van der Waals surface area contributed by atoms with Crippen molar-refractivity contribution < 1.29 is 9.59 Å². The van der Waals surface area contributed by atoms with Crippen LogP contribution in [0, 0.1) is 0 Å². The Kier molecular flexibility index (Phi) is 4.72. The number of hydrogen-bond donors (Lipinski definition) is 0. The molecule has 0 atom stereocenters. The predicted octanol–water partition coefficient (Wildman–Crippen LogP) is 9.22. The Balaban J connectivity index is 1.31. The number of rotatable bonds is 3. The third-order valence-corrected chi connectivity index (χ3v) is 10.1. The van der Waals surface area contributed by atoms with Gasteiger partial charge in [0.05, 0.1) is 0 Å². The van der Waals surface area contributed by atoms with Gasteiger partial charge in [-0.2, -0.15) is 0 Å². The van der Waals surface area contributed by atoms with E-state index in [0.29, 0.717) is 0 Å². The van der Waals surface area contributed by atoms with Gasteiger partial charge in [-0.25, -0.2) is 0 Å². The highest BCUT2D eigenvalue weighted by Gasteiger charge is 2.29.